The summed E-state index contributed by atoms with van der Waals surface area (Å²) in [5.41, 5.74) is 5.73. The monoisotopic (exact) mass is 418 g/mol. The smallest absolute Gasteiger partial charge is 0.314 e. The lowest BCUT2D eigenvalue weighted by molar-refractivity contribution is 0.0759. The predicted octanol–water partition coefficient (Wildman–Crippen LogP) is 2.86. The number of nitrogens with two attached hydrogens (primary N) is 1. The van der Waals surface area contributed by atoms with Crippen LogP contribution < -0.4 is 10.5 Å². The highest BCUT2D eigenvalue weighted by Crippen LogP contribution is 2.25. The fourth-order valence-electron chi connectivity index (χ4n) is 2.76. The van der Waals surface area contributed by atoms with Crippen molar-refractivity contribution in [2.24, 2.45) is 5.73 Å². The van der Waals surface area contributed by atoms with Crippen molar-refractivity contribution in [1.29, 1.82) is 0 Å². The third-order valence-electron chi connectivity index (χ3n) is 4.12. The number of carbonyl (C=O) groups excluding carboxylic acids is 2. The number of hydrogen-bond donors (Lipinski definition) is 1. The molecule has 1 aromatic carbocycles. The van der Waals surface area contributed by atoms with Gasteiger partial charge in [-0.3, -0.25) is 4.79 Å². The summed E-state index contributed by atoms with van der Waals surface area (Å²) >= 11 is 3.37. The molecule has 0 aliphatic carbocycles. The van der Waals surface area contributed by atoms with Gasteiger partial charge in [-0.15, -0.1) is 0 Å². The molecule has 3 rings (SSSR count). The Morgan fingerprint density at radius 1 is 1.04 bits per heavy atom. The minimum atomic E-state index is -0.458. The van der Waals surface area contributed by atoms with Crippen LogP contribution >= 0.6 is 15.9 Å². The normalized spacial score (nSPS) is 14.7. The number of ether oxygens (including phenoxy) is 1. The van der Waals surface area contributed by atoms with Crippen LogP contribution in [0.3, 0.4) is 0 Å². The van der Waals surface area contributed by atoms with Crippen LogP contribution in [0.1, 0.15) is 16.8 Å². The molecule has 2 N–H and O–H groups in total. The zero-order valence-corrected chi connectivity index (χ0v) is 15.7. The fraction of sp³-hybridized carbons (Fsp3) is 0.278. The predicted molar refractivity (Wildman–Crippen MR) is 100 cm³/mol. The summed E-state index contributed by atoms with van der Waals surface area (Å²) in [6.07, 6.45) is 2.26. The third kappa shape index (κ3) is 4.32. The first-order chi connectivity index (χ1) is 12.5. The summed E-state index contributed by atoms with van der Waals surface area (Å²) < 4.78 is 6.74. The average Bonchev–Trinajstić information content (AvgIpc) is 2.90. The molecule has 7 nitrogen and oxygen atoms in total. The number of benzene rings is 1. The van der Waals surface area contributed by atoms with E-state index in [1.807, 2.05) is 12.1 Å². The Balaban J connectivity index is 1.77. The van der Waals surface area contributed by atoms with Crippen LogP contribution in [0.5, 0.6) is 11.6 Å². The minimum absolute atomic E-state index is 0.170. The van der Waals surface area contributed by atoms with Crippen molar-refractivity contribution >= 4 is 27.9 Å². The van der Waals surface area contributed by atoms with Crippen LogP contribution in [-0.2, 0) is 0 Å². The summed E-state index contributed by atoms with van der Waals surface area (Å²) in [5.74, 6) is 0.684. The summed E-state index contributed by atoms with van der Waals surface area (Å²) in [6.45, 7) is 1.95. The van der Waals surface area contributed by atoms with Crippen molar-refractivity contribution in [2.75, 3.05) is 26.2 Å². The molecule has 1 fully saturated rings. The van der Waals surface area contributed by atoms with Crippen LogP contribution in [-0.4, -0.2) is 52.9 Å². The van der Waals surface area contributed by atoms with E-state index in [2.05, 4.69) is 20.9 Å². The molecule has 1 aromatic heterocycles. The molecule has 2 heterocycles. The lowest BCUT2D eigenvalue weighted by Gasteiger charge is -2.22. The number of pyridine rings is 1. The molecule has 2 aromatic rings. The molecule has 0 radical (unpaired) electrons. The van der Waals surface area contributed by atoms with E-state index < -0.39 is 6.03 Å². The molecule has 0 unspecified atom stereocenters. The Bertz CT molecular complexity index is 797. The van der Waals surface area contributed by atoms with Gasteiger partial charge < -0.3 is 20.3 Å². The van der Waals surface area contributed by atoms with E-state index in [-0.39, 0.29) is 11.8 Å². The molecule has 0 bridgehead atoms. The average molecular weight is 419 g/mol. The summed E-state index contributed by atoms with van der Waals surface area (Å²) in [4.78, 5) is 31.8. The second kappa shape index (κ2) is 8.18. The van der Waals surface area contributed by atoms with Gasteiger partial charge in [0.15, 0.2) is 0 Å². The number of rotatable bonds is 3. The maximum absolute atomic E-state index is 13.0. The maximum Gasteiger partial charge on any atom is 0.314 e. The third-order valence-corrected chi connectivity index (χ3v) is 4.65. The molecule has 3 amide bonds. The highest BCUT2D eigenvalue weighted by atomic mass is 79.9. The van der Waals surface area contributed by atoms with Crippen molar-refractivity contribution < 1.29 is 14.3 Å². The van der Waals surface area contributed by atoms with Gasteiger partial charge in [0.1, 0.15) is 11.3 Å². The number of nitrogens with zero attached hydrogens (tertiary/aromatic N) is 3. The van der Waals surface area contributed by atoms with E-state index in [0.717, 1.165) is 4.47 Å². The Hall–Kier alpha value is -2.61. The van der Waals surface area contributed by atoms with Gasteiger partial charge in [0.2, 0.25) is 5.88 Å². The number of amides is 3. The van der Waals surface area contributed by atoms with Gasteiger partial charge in [-0.2, -0.15) is 0 Å². The van der Waals surface area contributed by atoms with Gasteiger partial charge in [-0.05, 0) is 42.8 Å². The number of primary amides is 1. The van der Waals surface area contributed by atoms with Crippen LogP contribution in [0.25, 0.3) is 0 Å². The van der Waals surface area contributed by atoms with Gasteiger partial charge in [-0.25, -0.2) is 9.78 Å². The maximum atomic E-state index is 13.0. The number of halogens is 1. The molecule has 0 saturated carbocycles. The van der Waals surface area contributed by atoms with Gasteiger partial charge in [0, 0.05) is 36.8 Å². The molecular weight excluding hydrogens is 400 g/mol. The first-order valence-electron chi connectivity index (χ1n) is 8.26. The van der Waals surface area contributed by atoms with Crippen molar-refractivity contribution in [3.05, 3.63) is 52.6 Å². The second-order valence-electron chi connectivity index (χ2n) is 5.88. The fourth-order valence-corrected chi connectivity index (χ4v) is 3.02. The summed E-state index contributed by atoms with van der Waals surface area (Å²) in [5, 5.41) is 0. The second-order valence-corrected chi connectivity index (χ2v) is 6.80. The van der Waals surface area contributed by atoms with E-state index >= 15 is 0 Å². The molecule has 26 heavy (non-hydrogen) atoms. The molecular formula is C18H19BrN4O3. The van der Waals surface area contributed by atoms with Crippen LogP contribution in [0.2, 0.25) is 0 Å². The number of carbonyl (C=O) groups is 2. The van der Waals surface area contributed by atoms with Crippen LogP contribution in [0, 0.1) is 0 Å². The van der Waals surface area contributed by atoms with Gasteiger partial charge in [0.25, 0.3) is 5.91 Å². The van der Waals surface area contributed by atoms with Gasteiger partial charge >= 0.3 is 6.03 Å². The Labute approximate surface area is 159 Å². The Morgan fingerprint density at radius 3 is 2.46 bits per heavy atom. The van der Waals surface area contributed by atoms with Crippen LogP contribution in [0.4, 0.5) is 4.79 Å². The lowest BCUT2D eigenvalue weighted by atomic mass is 10.2. The number of hydrogen-bond acceptors (Lipinski definition) is 4. The molecule has 136 valence electrons. The van der Waals surface area contributed by atoms with Crippen molar-refractivity contribution in [3.8, 4) is 11.6 Å². The van der Waals surface area contributed by atoms with Crippen LogP contribution in [0.15, 0.2) is 47.1 Å². The minimum Gasteiger partial charge on any atom is -0.438 e. The zero-order valence-electron chi connectivity index (χ0n) is 14.1. The lowest BCUT2D eigenvalue weighted by Crippen LogP contribution is -2.39. The van der Waals surface area contributed by atoms with E-state index in [1.165, 1.54) is 0 Å². The van der Waals surface area contributed by atoms with Crippen molar-refractivity contribution in [2.45, 2.75) is 6.42 Å². The largest absolute Gasteiger partial charge is 0.438 e. The first-order valence-corrected chi connectivity index (χ1v) is 9.06. The van der Waals surface area contributed by atoms with E-state index in [4.69, 9.17) is 10.5 Å². The first kappa shape index (κ1) is 18.2. The van der Waals surface area contributed by atoms with E-state index in [1.54, 1.807) is 40.3 Å². The standard InChI is InChI=1S/C18H19BrN4O3/c19-13-4-6-14(7-5-13)26-16-15(3-1-8-21-16)17(24)22-9-2-10-23(12-11-22)18(20)25/h1,3-8H,2,9-12H2,(H2,20,25). The van der Waals surface area contributed by atoms with E-state index in [9.17, 15) is 9.59 Å². The van der Waals surface area contributed by atoms with Crippen molar-refractivity contribution in [1.82, 2.24) is 14.8 Å². The summed E-state index contributed by atoms with van der Waals surface area (Å²) in [7, 11) is 0. The number of aromatic nitrogens is 1. The topological polar surface area (TPSA) is 88.8 Å². The summed E-state index contributed by atoms with van der Waals surface area (Å²) in [6, 6.07) is 10.2. The van der Waals surface area contributed by atoms with Crippen molar-refractivity contribution in [3.63, 3.8) is 0 Å². The molecule has 0 atom stereocenters. The Kier molecular flexibility index (Phi) is 5.72. The number of urea groups is 1. The Morgan fingerprint density at radius 2 is 1.73 bits per heavy atom. The SMILES string of the molecule is NC(=O)N1CCCN(C(=O)c2cccnc2Oc2ccc(Br)cc2)CC1. The molecule has 1 aliphatic heterocycles. The zero-order chi connectivity index (χ0) is 18.5. The molecule has 8 heteroatoms. The van der Waals surface area contributed by atoms with Gasteiger partial charge in [-0.1, -0.05) is 15.9 Å². The quantitative estimate of drug-likeness (QED) is 0.829. The molecule has 1 aliphatic rings. The highest BCUT2D eigenvalue weighted by Gasteiger charge is 2.24. The molecule has 1 saturated heterocycles. The van der Waals surface area contributed by atoms with E-state index in [0.29, 0.717) is 43.9 Å². The highest BCUT2D eigenvalue weighted by molar-refractivity contribution is 9.10. The molecule has 0 spiro atoms. The van der Waals surface area contributed by atoms with Gasteiger partial charge in [0.05, 0.1) is 0 Å².